The molecule has 0 rings (SSSR count). The zero-order valence-electron chi connectivity index (χ0n) is 53.4. The van der Waals surface area contributed by atoms with Gasteiger partial charge in [-0.15, -0.1) is 0 Å². The van der Waals surface area contributed by atoms with Gasteiger partial charge in [-0.25, -0.2) is 0 Å². The standard InChI is InChI=1S/C73H139NO5/c1-3-5-7-9-11-13-15-17-19-20-32-36-39-43-47-51-55-59-63-67-73(78)79-68-64-60-56-52-48-44-40-37-34-31-29-27-25-23-21-22-24-26-28-30-33-35-38-42-46-50-54-58-62-66-72(77)74-70(69-75)71(76)65-61-57-53-49-45-41-18-16-14-12-10-8-6-4-2/h11,13,17,19,21,23,70-71,75-76H,3-10,12,14-16,18,20,22,24-69H2,1-2H3,(H,74,77)/b13-11-,19-17-,23-21-. The number of carbonyl (C=O) groups excluding carboxylic acids is 2. The molecule has 0 fully saturated rings. The third-order valence-electron chi connectivity index (χ3n) is 16.7. The molecule has 1 amide bonds. The van der Waals surface area contributed by atoms with Gasteiger partial charge in [-0.2, -0.15) is 0 Å². The number of unbranched alkanes of at least 4 members (excludes halogenated alkanes) is 50. The van der Waals surface area contributed by atoms with E-state index in [1.807, 2.05) is 0 Å². The number of hydrogen-bond donors (Lipinski definition) is 3. The number of aliphatic hydroxyl groups is 2. The van der Waals surface area contributed by atoms with Crippen LogP contribution < -0.4 is 5.32 Å². The highest BCUT2D eigenvalue weighted by atomic mass is 16.5. The molecule has 0 aromatic carbocycles. The first kappa shape index (κ1) is 77.1. The quantitative estimate of drug-likeness (QED) is 0.0320. The number of rotatable bonds is 67. The van der Waals surface area contributed by atoms with Gasteiger partial charge in [-0.1, -0.05) is 333 Å². The van der Waals surface area contributed by atoms with Crippen LogP contribution >= 0.6 is 0 Å². The molecule has 0 aliphatic heterocycles. The molecule has 3 N–H and O–H groups in total. The molecule has 6 heteroatoms. The van der Waals surface area contributed by atoms with Crippen molar-refractivity contribution in [1.82, 2.24) is 5.32 Å². The van der Waals surface area contributed by atoms with Crippen molar-refractivity contribution in [3.63, 3.8) is 0 Å². The van der Waals surface area contributed by atoms with Gasteiger partial charge in [0.25, 0.3) is 0 Å². The Kier molecular flexibility index (Phi) is 66.9. The number of esters is 1. The lowest BCUT2D eigenvalue weighted by atomic mass is 10.0. The summed E-state index contributed by atoms with van der Waals surface area (Å²) in [4.78, 5) is 24.6. The smallest absolute Gasteiger partial charge is 0.305 e. The normalized spacial score (nSPS) is 12.7. The molecule has 0 heterocycles. The minimum Gasteiger partial charge on any atom is -0.466 e. The number of hydrogen-bond acceptors (Lipinski definition) is 5. The highest BCUT2D eigenvalue weighted by Gasteiger charge is 2.20. The molecule has 6 nitrogen and oxygen atoms in total. The molecule has 79 heavy (non-hydrogen) atoms. The fraction of sp³-hybridized carbons (Fsp3) is 0.890. The molecular weight excluding hydrogens is 971 g/mol. The summed E-state index contributed by atoms with van der Waals surface area (Å²) in [7, 11) is 0. The maximum absolute atomic E-state index is 12.5. The van der Waals surface area contributed by atoms with Gasteiger partial charge >= 0.3 is 5.97 Å². The van der Waals surface area contributed by atoms with E-state index in [1.54, 1.807) is 0 Å². The Bertz CT molecular complexity index is 1280. The maximum Gasteiger partial charge on any atom is 0.305 e. The highest BCUT2D eigenvalue weighted by molar-refractivity contribution is 5.76. The molecule has 0 bridgehead atoms. The Labute approximate surface area is 494 Å². The average Bonchev–Trinajstić information content (AvgIpc) is 3.45. The van der Waals surface area contributed by atoms with Crippen molar-refractivity contribution in [3.8, 4) is 0 Å². The molecule has 0 saturated heterocycles. The van der Waals surface area contributed by atoms with Crippen molar-refractivity contribution in [3.05, 3.63) is 36.5 Å². The van der Waals surface area contributed by atoms with Gasteiger partial charge in [0.2, 0.25) is 5.91 Å². The van der Waals surface area contributed by atoms with E-state index in [4.69, 9.17) is 4.74 Å². The monoisotopic (exact) mass is 1110 g/mol. The van der Waals surface area contributed by atoms with Crippen LogP contribution in [0.5, 0.6) is 0 Å². The maximum atomic E-state index is 12.5. The predicted molar refractivity (Wildman–Crippen MR) is 347 cm³/mol. The zero-order chi connectivity index (χ0) is 57.1. The summed E-state index contributed by atoms with van der Waals surface area (Å²) in [6.07, 6.45) is 87.7. The molecule has 2 unspecified atom stereocenters. The lowest BCUT2D eigenvalue weighted by Crippen LogP contribution is -2.45. The van der Waals surface area contributed by atoms with Crippen molar-refractivity contribution in [2.24, 2.45) is 0 Å². The largest absolute Gasteiger partial charge is 0.466 e. The topological polar surface area (TPSA) is 95.9 Å². The summed E-state index contributed by atoms with van der Waals surface area (Å²) in [6, 6.07) is -0.540. The van der Waals surface area contributed by atoms with Gasteiger partial charge in [0.15, 0.2) is 0 Å². The van der Waals surface area contributed by atoms with E-state index >= 15 is 0 Å². The van der Waals surface area contributed by atoms with Gasteiger partial charge < -0.3 is 20.3 Å². The molecule has 466 valence electrons. The van der Waals surface area contributed by atoms with Crippen molar-refractivity contribution >= 4 is 11.9 Å². The second-order valence-corrected chi connectivity index (χ2v) is 24.6. The van der Waals surface area contributed by atoms with Crippen molar-refractivity contribution in [2.45, 2.75) is 405 Å². The number of carbonyl (C=O) groups is 2. The van der Waals surface area contributed by atoms with Crippen molar-refractivity contribution < 1.29 is 24.5 Å². The summed E-state index contributed by atoms with van der Waals surface area (Å²) in [5.74, 6) is -0.0189. The molecule has 0 aliphatic rings. The first-order chi connectivity index (χ1) is 39.0. The van der Waals surface area contributed by atoms with Crippen molar-refractivity contribution in [2.75, 3.05) is 13.2 Å². The van der Waals surface area contributed by atoms with Crippen LogP contribution in [0.3, 0.4) is 0 Å². The average molecular weight is 1110 g/mol. The minimum atomic E-state index is -0.663. The molecule has 2 atom stereocenters. The third-order valence-corrected chi connectivity index (χ3v) is 16.7. The Morgan fingerprint density at radius 3 is 1.00 bits per heavy atom. The number of nitrogens with one attached hydrogen (secondary N) is 1. The molecule has 0 aromatic rings. The van der Waals surface area contributed by atoms with Gasteiger partial charge in [-0.05, 0) is 83.5 Å². The third kappa shape index (κ3) is 65.1. The summed E-state index contributed by atoms with van der Waals surface area (Å²) >= 11 is 0. The fourth-order valence-electron chi connectivity index (χ4n) is 11.2. The SMILES string of the molecule is CCCCC/C=C\C/C=C\CCCCCCCCCCCC(=O)OCCCCCCCCCCCCCC/C=C\CCCCCCCCCCCCCCCC(=O)NC(CO)C(O)CCCCCCCCCCCCCCCC. The Morgan fingerprint density at radius 2 is 0.633 bits per heavy atom. The van der Waals surface area contributed by atoms with E-state index in [9.17, 15) is 19.8 Å². The van der Waals surface area contributed by atoms with Crippen LogP contribution in [0.4, 0.5) is 0 Å². The Balaban J connectivity index is 3.35. The van der Waals surface area contributed by atoms with E-state index in [2.05, 4.69) is 55.6 Å². The van der Waals surface area contributed by atoms with Gasteiger partial charge in [0.1, 0.15) is 0 Å². The minimum absolute atomic E-state index is 0.0132. The lowest BCUT2D eigenvalue weighted by molar-refractivity contribution is -0.143. The van der Waals surface area contributed by atoms with Gasteiger partial charge in [0, 0.05) is 12.8 Å². The van der Waals surface area contributed by atoms with E-state index < -0.39 is 12.1 Å². The van der Waals surface area contributed by atoms with Crippen LogP contribution in [0.15, 0.2) is 36.5 Å². The molecular formula is C73H139NO5. The van der Waals surface area contributed by atoms with Crippen molar-refractivity contribution in [1.29, 1.82) is 0 Å². The summed E-state index contributed by atoms with van der Waals surface area (Å²) in [5.41, 5.74) is 0. The van der Waals surface area contributed by atoms with E-state index in [-0.39, 0.29) is 18.5 Å². The first-order valence-electron chi connectivity index (χ1n) is 35.7. The fourth-order valence-corrected chi connectivity index (χ4v) is 11.2. The number of amides is 1. The van der Waals surface area contributed by atoms with E-state index in [0.29, 0.717) is 25.9 Å². The van der Waals surface area contributed by atoms with Crippen LogP contribution in [0.25, 0.3) is 0 Å². The zero-order valence-corrected chi connectivity index (χ0v) is 53.4. The van der Waals surface area contributed by atoms with Crippen LogP contribution in [-0.2, 0) is 14.3 Å². The molecule has 0 radical (unpaired) electrons. The lowest BCUT2D eigenvalue weighted by Gasteiger charge is -2.22. The van der Waals surface area contributed by atoms with Gasteiger partial charge in [-0.3, -0.25) is 9.59 Å². The van der Waals surface area contributed by atoms with E-state index in [0.717, 1.165) is 51.4 Å². The van der Waals surface area contributed by atoms with Crippen LogP contribution in [0.2, 0.25) is 0 Å². The number of ether oxygens (including phenoxy) is 1. The van der Waals surface area contributed by atoms with Crippen LogP contribution in [-0.4, -0.2) is 47.4 Å². The predicted octanol–water partition coefficient (Wildman–Crippen LogP) is 23.1. The molecule has 0 aliphatic carbocycles. The molecule has 0 aromatic heterocycles. The van der Waals surface area contributed by atoms with E-state index in [1.165, 1.54) is 308 Å². The second-order valence-electron chi connectivity index (χ2n) is 24.6. The van der Waals surface area contributed by atoms with Gasteiger partial charge in [0.05, 0.1) is 25.4 Å². The first-order valence-corrected chi connectivity index (χ1v) is 35.7. The number of aliphatic hydroxyl groups excluding tert-OH is 2. The Morgan fingerprint density at radius 1 is 0.354 bits per heavy atom. The summed E-state index contributed by atoms with van der Waals surface area (Å²) in [5, 5.41) is 23.3. The second kappa shape index (κ2) is 68.6. The molecule has 0 spiro atoms. The number of allylic oxidation sites excluding steroid dienone is 6. The highest BCUT2D eigenvalue weighted by Crippen LogP contribution is 2.19. The van der Waals surface area contributed by atoms with Crippen LogP contribution in [0.1, 0.15) is 393 Å². The summed E-state index contributed by atoms with van der Waals surface area (Å²) < 4.78 is 5.51. The summed E-state index contributed by atoms with van der Waals surface area (Å²) in [6.45, 7) is 4.95. The van der Waals surface area contributed by atoms with Crippen LogP contribution in [0, 0.1) is 0 Å². The Hall–Kier alpha value is -1.92. The molecule has 0 saturated carbocycles.